The first-order valence-electron chi connectivity index (χ1n) is 13.0. The fourth-order valence-corrected chi connectivity index (χ4v) is 4.71. The van der Waals surface area contributed by atoms with Gasteiger partial charge in [-0.25, -0.2) is 0 Å². The van der Waals surface area contributed by atoms with Gasteiger partial charge in [0.05, 0.1) is 30.7 Å². The number of benzene rings is 1. The van der Waals surface area contributed by atoms with E-state index in [0.717, 1.165) is 36.1 Å². The molecule has 1 fully saturated rings. The van der Waals surface area contributed by atoms with Crippen molar-refractivity contribution < 1.29 is 29.3 Å². The van der Waals surface area contributed by atoms with Crippen LogP contribution in [0.25, 0.3) is 11.3 Å². The molecule has 3 rings (SSSR count). The number of furan rings is 1. The Kier molecular flexibility index (Phi) is 11.0. The van der Waals surface area contributed by atoms with Crippen LogP contribution in [-0.4, -0.2) is 45.7 Å². The van der Waals surface area contributed by atoms with Gasteiger partial charge in [-0.05, 0) is 69.6 Å². The first-order chi connectivity index (χ1) is 17.3. The molecule has 36 heavy (non-hydrogen) atoms. The number of unbranched alkanes of at least 4 members (excludes halogenated alkanes) is 1. The summed E-state index contributed by atoms with van der Waals surface area (Å²) in [6, 6.07) is 11.9. The molecule has 0 aliphatic heterocycles. The molecule has 1 aliphatic carbocycles. The highest BCUT2D eigenvalue weighted by atomic mass is 16.5. The smallest absolute Gasteiger partial charge is 0.306 e. The minimum atomic E-state index is -0.624. The number of ether oxygens (including phenoxy) is 1. The third-order valence-electron chi connectivity index (χ3n) is 6.65. The standard InChI is InChI=1S/C30H40O6/c1-21(2)36-30(34)10-6-4-3-5-8-25-26(28(33)20-27(25)32)18-17-24(31)16-13-22-11-14-23(15-12-22)29-9-7-19-35-29/h3,5,7,9,11-12,14-15,17-19,21,24-28,31-33H,4,6,8,10,13,16,20H2,1-2H3/b5-3-,18-17+/t24?,25-,26-,27+,28-/m1/s1. The number of hydrogen-bond donors (Lipinski definition) is 3. The normalized spacial score (nSPS) is 23.2. The molecule has 0 spiro atoms. The summed E-state index contributed by atoms with van der Waals surface area (Å²) in [5.41, 5.74) is 2.15. The summed E-state index contributed by atoms with van der Waals surface area (Å²) >= 11 is 0. The SMILES string of the molecule is CC(C)OC(=O)CCC/C=C\C[C@@H]1[C@@H](/C=C/C(O)CCc2ccc(-c3ccco3)cc2)[C@H](O)C[C@@H]1O. The van der Waals surface area contributed by atoms with Crippen molar-refractivity contribution in [2.75, 3.05) is 0 Å². The van der Waals surface area contributed by atoms with E-state index in [0.29, 0.717) is 25.7 Å². The third kappa shape index (κ3) is 8.77. The lowest BCUT2D eigenvalue weighted by Crippen LogP contribution is -2.20. The van der Waals surface area contributed by atoms with E-state index >= 15 is 0 Å². The van der Waals surface area contributed by atoms with Crippen molar-refractivity contribution in [2.24, 2.45) is 11.8 Å². The minimum Gasteiger partial charge on any atom is -0.464 e. The number of carbonyl (C=O) groups is 1. The van der Waals surface area contributed by atoms with Crippen LogP contribution in [0.2, 0.25) is 0 Å². The van der Waals surface area contributed by atoms with Gasteiger partial charge in [0.15, 0.2) is 0 Å². The fourth-order valence-electron chi connectivity index (χ4n) is 4.71. The molecule has 1 aromatic carbocycles. The molecule has 0 bridgehead atoms. The van der Waals surface area contributed by atoms with Crippen LogP contribution in [0.4, 0.5) is 0 Å². The van der Waals surface area contributed by atoms with Crippen LogP contribution >= 0.6 is 0 Å². The van der Waals surface area contributed by atoms with Crippen molar-refractivity contribution in [3.05, 3.63) is 72.5 Å². The molecule has 1 heterocycles. The predicted molar refractivity (Wildman–Crippen MR) is 140 cm³/mol. The summed E-state index contributed by atoms with van der Waals surface area (Å²) in [5.74, 6) is 0.354. The lowest BCUT2D eigenvalue weighted by Gasteiger charge is -2.19. The number of carbonyl (C=O) groups excluding carboxylic acids is 1. The van der Waals surface area contributed by atoms with Gasteiger partial charge in [-0.15, -0.1) is 0 Å². The Morgan fingerprint density at radius 1 is 1.14 bits per heavy atom. The van der Waals surface area contributed by atoms with Crippen LogP contribution < -0.4 is 0 Å². The second kappa shape index (κ2) is 14.2. The first kappa shape index (κ1) is 27.9. The number of aliphatic hydroxyl groups is 3. The molecule has 0 radical (unpaired) electrons. The fraction of sp³-hybridized carbons (Fsp3) is 0.500. The Balaban J connectivity index is 1.43. The van der Waals surface area contributed by atoms with E-state index in [9.17, 15) is 20.1 Å². The van der Waals surface area contributed by atoms with Gasteiger partial charge in [-0.1, -0.05) is 48.6 Å². The Hall–Kier alpha value is -2.67. The Morgan fingerprint density at radius 3 is 2.61 bits per heavy atom. The number of hydrogen-bond acceptors (Lipinski definition) is 6. The zero-order chi connectivity index (χ0) is 25.9. The van der Waals surface area contributed by atoms with Gasteiger partial charge in [-0.2, -0.15) is 0 Å². The second-order valence-corrected chi connectivity index (χ2v) is 9.91. The Bertz CT molecular complexity index is 960. The minimum absolute atomic E-state index is 0.0915. The van der Waals surface area contributed by atoms with E-state index in [1.165, 1.54) is 0 Å². The molecule has 5 atom stereocenters. The molecule has 0 amide bonds. The van der Waals surface area contributed by atoms with Gasteiger partial charge in [-0.3, -0.25) is 4.79 Å². The van der Waals surface area contributed by atoms with Crippen molar-refractivity contribution >= 4 is 5.97 Å². The van der Waals surface area contributed by atoms with Crippen LogP contribution in [-0.2, 0) is 16.0 Å². The molecule has 1 unspecified atom stereocenters. The van der Waals surface area contributed by atoms with Crippen LogP contribution in [0.15, 0.2) is 71.4 Å². The van der Waals surface area contributed by atoms with E-state index in [4.69, 9.17) is 9.15 Å². The van der Waals surface area contributed by atoms with E-state index in [1.807, 2.05) is 68.5 Å². The van der Waals surface area contributed by atoms with Crippen LogP contribution in [0.3, 0.4) is 0 Å². The van der Waals surface area contributed by atoms with E-state index in [-0.39, 0.29) is 23.9 Å². The molecule has 1 aliphatic rings. The predicted octanol–water partition coefficient (Wildman–Crippen LogP) is 5.22. The summed E-state index contributed by atoms with van der Waals surface area (Å²) in [7, 11) is 0. The third-order valence-corrected chi connectivity index (χ3v) is 6.65. The van der Waals surface area contributed by atoms with E-state index < -0.39 is 18.3 Å². The van der Waals surface area contributed by atoms with Crippen molar-refractivity contribution in [2.45, 2.75) is 83.2 Å². The average Bonchev–Trinajstić information content (AvgIpc) is 3.46. The quantitative estimate of drug-likeness (QED) is 0.200. The van der Waals surface area contributed by atoms with Gasteiger partial charge >= 0.3 is 5.97 Å². The molecule has 6 nitrogen and oxygen atoms in total. The van der Waals surface area contributed by atoms with Gasteiger partial charge in [0, 0.05) is 24.3 Å². The maximum Gasteiger partial charge on any atom is 0.306 e. The zero-order valence-electron chi connectivity index (χ0n) is 21.3. The van der Waals surface area contributed by atoms with E-state index in [1.54, 1.807) is 12.3 Å². The highest BCUT2D eigenvalue weighted by Crippen LogP contribution is 2.36. The molecular weight excluding hydrogens is 456 g/mol. The van der Waals surface area contributed by atoms with E-state index in [2.05, 4.69) is 0 Å². The number of aryl methyl sites for hydroxylation is 1. The molecular formula is C30H40O6. The number of esters is 1. The molecule has 0 saturated heterocycles. The lowest BCUT2D eigenvalue weighted by molar-refractivity contribution is -0.147. The highest BCUT2D eigenvalue weighted by molar-refractivity contribution is 5.69. The van der Waals surface area contributed by atoms with Crippen molar-refractivity contribution in [1.82, 2.24) is 0 Å². The monoisotopic (exact) mass is 496 g/mol. The number of allylic oxidation sites excluding steroid dienone is 2. The summed E-state index contributed by atoms with van der Waals surface area (Å²) in [5, 5.41) is 31.4. The largest absolute Gasteiger partial charge is 0.464 e. The van der Waals surface area contributed by atoms with Gasteiger partial charge in [0.1, 0.15) is 5.76 Å². The average molecular weight is 497 g/mol. The molecule has 1 saturated carbocycles. The van der Waals surface area contributed by atoms with Gasteiger partial charge in [0.25, 0.3) is 0 Å². The summed E-state index contributed by atoms with van der Waals surface area (Å²) in [6.07, 6.45) is 11.6. The van der Waals surface area contributed by atoms with Gasteiger partial charge in [0.2, 0.25) is 0 Å². The van der Waals surface area contributed by atoms with Crippen LogP contribution in [0, 0.1) is 11.8 Å². The number of rotatable bonds is 13. The Labute approximate surface area is 214 Å². The first-order valence-corrected chi connectivity index (χ1v) is 13.0. The second-order valence-electron chi connectivity index (χ2n) is 9.91. The van der Waals surface area contributed by atoms with Crippen LogP contribution in [0.5, 0.6) is 0 Å². The molecule has 196 valence electrons. The van der Waals surface area contributed by atoms with Crippen molar-refractivity contribution in [1.29, 1.82) is 0 Å². The molecule has 1 aromatic heterocycles. The topological polar surface area (TPSA) is 100 Å². The summed E-state index contributed by atoms with van der Waals surface area (Å²) < 4.78 is 10.5. The summed E-state index contributed by atoms with van der Waals surface area (Å²) in [4.78, 5) is 11.6. The molecule has 3 N–H and O–H groups in total. The van der Waals surface area contributed by atoms with Crippen LogP contribution in [0.1, 0.15) is 57.9 Å². The zero-order valence-corrected chi connectivity index (χ0v) is 21.3. The highest BCUT2D eigenvalue weighted by Gasteiger charge is 2.39. The van der Waals surface area contributed by atoms with Crippen molar-refractivity contribution in [3.8, 4) is 11.3 Å². The molecule has 2 aromatic rings. The maximum absolute atomic E-state index is 11.6. The molecule has 6 heteroatoms. The maximum atomic E-state index is 11.6. The summed E-state index contributed by atoms with van der Waals surface area (Å²) in [6.45, 7) is 3.68. The van der Waals surface area contributed by atoms with Crippen molar-refractivity contribution in [3.63, 3.8) is 0 Å². The lowest BCUT2D eigenvalue weighted by atomic mass is 9.89. The van der Waals surface area contributed by atoms with Gasteiger partial charge < -0.3 is 24.5 Å². The Morgan fingerprint density at radius 2 is 1.92 bits per heavy atom. The number of aliphatic hydroxyl groups excluding tert-OH is 3.